The number of carboxylic acid groups (broad SMARTS) is 1. The number of fused-ring (bicyclic) bond motifs is 1. The van der Waals surface area contributed by atoms with E-state index in [0.29, 0.717) is 5.75 Å². The van der Waals surface area contributed by atoms with Gasteiger partial charge in [-0.15, -0.1) is 0 Å². The van der Waals surface area contributed by atoms with Crippen LogP contribution in [-0.2, 0) is 14.4 Å². The zero-order valence-corrected chi connectivity index (χ0v) is 12.1. The van der Waals surface area contributed by atoms with Crippen LogP contribution in [0.5, 0.6) is 5.75 Å². The van der Waals surface area contributed by atoms with Gasteiger partial charge in [0.1, 0.15) is 5.75 Å². The molecule has 2 aromatic carbocycles. The molecule has 1 heterocycles. The number of benzene rings is 2. The number of nitrogens with zero attached hydrogens (tertiary/aromatic N) is 1. The summed E-state index contributed by atoms with van der Waals surface area (Å²) in [5, 5.41) is 19.2. The second kappa shape index (κ2) is 7.37. The fraction of sp³-hybridized carbons (Fsp3) is 0.188. The Labute approximate surface area is 131 Å². The highest BCUT2D eigenvalue weighted by Crippen LogP contribution is 2.20. The molecule has 2 aromatic rings. The lowest BCUT2D eigenvalue weighted by Gasteiger charge is -2.04. The molecule has 0 aliphatic carbocycles. The Bertz CT molecular complexity index is 726. The molecule has 1 saturated heterocycles. The molecule has 0 aromatic heterocycles. The van der Waals surface area contributed by atoms with Crippen molar-refractivity contribution in [1.82, 2.24) is 5.06 Å². The lowest BCUT2D eigenvalue weighted by atomic mass is 10.1. The summed E-state index contributed by atoms with van der Waals surface area (Å²) in [5.74, 6) is -1.40. The van der Waals surface area contributed by atoms with Gasteiger partial charge in [0.05, 0.1) is 0 Å². The van der Waals surface area contributed by atoms with Gasteiger partial charge in [0.2, 0.25) is 0 Å². The monoisotopic (exact) mass is 317 g/mol. The summed E-state index contributed by atoms with van der Waals surface area (Å²) in [6, 6.07) is 13.4. The SMILES string of the molecule is O=C(O)COc1ccc2ccccc2c1.O=C1CCC(=O)N1O. The summed E-state index contributed by atoms with van der Waals surface area (Å²) >= 11 is 0. The van der Waals surface area contributed by atoms with Gasteiger partial charge in [-0.25, -0.2) is 4.79 Å². The lowest BCUT2D eigenvalue weighted by molar-refractivity contribution is -0.171. The number of imide groups is 1. The number of carbonyl (C=O) groups is 3. The molecule has 0 bridgehead atoms. The molecule has 0 atom stereocenters. The van der Waals surface area contributed by atoms with Crippen molar-refractivity contribution in [2.75, 3.05) is 6.61 Å². The van der Waals surface area contributed by atoms with Crippen LogP contribution in [0.15, 0.2) is 42.5 Å². The molecule has 1 aliphatic heterocycles. The van der Waals surface area contributed by atoms with Crippen molar-refractivity contribution in [3.8, 4) is 5.75 Å². The van der Waals surface area contributed by atoms with Crippen LogP contribution in [0, 0.1) is 0 Å². The molecule has 0 spiro atoms. The Balaban J connectivity index is 0.000000203. The van der Waals surface area contributed by atoms with Crippen LogP contribution in [0.25, 0.3) is 10.8 Å². The van der Waals surface area contributed by atoms with E-state index >= 15 is 0 Å². The van der Waals surface area contributed by atoms with E-state index in [1.807, 2.05) is 36.4 Å². The Morgan fingerprint density at radius 3 is 2.17 bits per heavy atom. The molecule has 1 fully saturated rings. The number of hydrogen-bond acceptors (Lipinski definition) is 5. The number of carbonyl (C=O) groups excluding carboxylic acids is 2. The van der Waals surface area contributed by atoms with Crippen LogP contribution < -0.4 is 4.74 Å². The number of hydroxylamine groups is 2. The Hall–Kier alpha value is -2.93. The van der Waals surface area contributed by atoms with E-state index in [4.69, 9.17) is 15.1 Å². The van der Waals surface area contributed by atoms with Crippen LogP contribution in [0.2, 0.25) is 0 Å². The summed E-state index contributed by atoms with van der Waals surface area (Å²) in [6.45, 7) is -0.307. The van der Waals surface area contributed by atoms with Crippen LogP contribution >= 0.6 is 0 Å². The zero-order valence-electron chi connectivity index (χ0n) is 12.1. The molecule has 2 N–H and O–H groups in total. The standard InChI is InChI=1S/C12H10O3.C4H5NO3/c13-12(14)8-15-11-6-5-9-3-1-2-4-10(9)7-11;6-3-1-2-4(7)5(3)8/h1-7H,8H2,(H,13,14);8H,1-2H2. The van der Waals surface area contributed by atoms with E-state index in [1.165, 1.54) is 0 Å². The van der Waals surface area contributed by atoms with Crippen molar-refractivity contribution in [1.29, 1.82) is 0 Å². The molecule has 3 rings (SSSR count). The van der Waals surface area contributed by atoms with Crippen LogP contribution in [0.3, 0.4) is 0 Å². The molecule has 7 nitrogen and oxygen atoms in total. The topological polar surface area (TPSA) is 104 Å². The van der Waals surface area contributed by atoms with Crippen molar-refractivity contribution in [3.05, 3.63) is 42.5 Å². The minimum atomic E-state index is -0.969. The predicted octanol–water partition coefficient (Wildman–Crippen LogP) is 1.83. The number of rotatable bonds is 3. The van der Waals surface area contributed by atoms with Gasteiger partial charge in [-0.2, -0.15) is 5.06 Å². The van der Waals surface area contributed by atoms with E-state index in [9.17, 15) is 14.4 Å². The van der Waals surface area contributed by atoms with Gasteiger partial charge in [-0.3, -0.25) is 14.8 Å². The summed E-state index contributed by atoms with van der Waals surface area (Å²) in [5.41, 5.74) is 0. The summed E-state index contributed by atoms with van der Waals surface area (Å²) < 4.78 is 5.08. The lowest BCUT2D eigenvalue weighted by Crippen LogP contribution is -2.24. The van der Waals surface area contributed by atoms with Crippen LogP contribution in [-0.4, -0.2) is 39.8 Å². The van der Waals surface area contributed by atoms with E-state index in [-0.39, 0.29) is 24.5 Å². The molecular formula is C16H15NO6. The minimum Gasteiger partial charge on any atom is -0.482 e. The highest BCUT2D eigenvalue weighted by atomic mass is 16.5. The van der Waals surface area contributed by atoms with Gasteiger partial charge in [0, 0.05) is 12.8 Å². The Morgan fingerprint density at radius 2 is 1.65 bits per heavy atom. The number of aliphatic carboxylic acids is 1. The smallest absolute Gasteiger partial charge is 0.341 e. The molecule has 7 heteroatoms. The number of ether oxygens (including phenoxy) is 1. The van der Waals surface area contributed by atoms with E-state index in [2.05, 4.69) is 0 Å². The van der Waals surface area contributed by atoms with Crippen LogP contribution in [0.1, 0.15) is 12.8 Å². The quantitative estimate of drug-likeness (QED) is 0.661. The second-order valence-corrected chi connectivity index (χ2v) is 4.79. The molecule has 120 valence electrons. The third-order valence-corrected chi connectivity index (χ3v) is 3.11. The zero-order chi connectivity index (χ0) is 16.8. The molecule has 0 saturated carbocycles. The fourth-order valence-electron chi connectivity index (χ4n) is 1.97. The Kier molecular flexibility index (Phi) is 5.27. The molecule has 1 aliphatic rings. The van der Waals surface area contributed by atoms with Crippen LogP contribution in [0.4, 0.5) is 0 Å². The highest BCUT2D eigenvalue weighted by Gasteiger charge is 2.26. The van der Waals surface area contributed by atoms with Gasteiger partial charge in [-0.05, 0) is 22.9 Å². The van der Waals surface area contributed by atoms with Crippen molar-refractivity contribution in [2.24, 2.45) is 0 Å². The Morgan fingerprint density at radius 1 is 1.04 bits per heavy atom. The fourth-order valence-corrected chi connectivity index (χ4v) is 1.97. The van der Waals surface area contributed by atoms with Gasteiger partial charge in [0.25, 0.3) is 11.8 Å². The van der Waals surface area contributed by atoms with Crippen molar-refractivity contribution < 1.29 is 29.4 Å². The molecular weight excluding hydrogens is 302 g/mol. The number of amides is 2. The van der Waals surface area contributed by atoms with E-state index < -0.39 is 17.8 Å². The summed E-state index contributed by atoms with van der Waals surface area (Å²) in [6.07, 6.45) is 0.296. The number of hydrogen-bond donors (Lipinski definition) is 2. The highest BCUT2D eigenvalue weighted by molar-refractivity contribution is 6.00. The minimum absolute atomic E-state index is 0.148. The van der Waals surface area contributed by atoms with Crippen molar-refractivity contribution in [2.45, 2.75) is 12.8 Å². The average molecular weight is 317 g/mol. The maximum atomic E-state index is 10.3. The van der Waals surface area contributed by atoms with E-state index in [1.54, 1.807) is 6.07 Å². The molecule has 23 heavy (non-hydrogen) atoms. The van der Waals surface area contributed by atoms with Gasteiger partial charge >= 0.3 is 5.97 Å². The third kappa shape index (κ3) is 4.52. The second-order valence-electron chi connectivity index (χ2n) is 4.79. The first kappa shape index (κ1) is 16.4. The molecule has 0 unspecified atom stereocenters. The van der Waals surface area contributed by atoms with Gasteiger partial charge in [0.15, 0.2) is 6.61 Å². The first-order valence-electron chi connectivity index (χ1n) is 6.85. The summed E-state index contributed by atoms with van der Waals surface area (Å²) in [7, 11) is 0. The maximum absolute atomic E-state index is 10.3. The first-order valence-corrected chi connectivity index (χ1v) is 6.85. The van der Waals surface area contributed by atoms with Gasteiger partial charge < -0.3 is 9.84 Å². The maximum Gasteiger partial charge on any atom is 0.341 e. The predicted molar refractivity (Wildman–Crippen MR) is 80.0 cm³/mol. The third-order valence-electron chi connectivity index (χ3n) is 3.11. The van der Waals surface area contributed by atoms with Gasteiger partial charge in [-0.1, -0.05) is 30.3 Å². The summed E-state index contributed by atoms with van der Waals surface area (Å²) in [4.78, 5) is 30.8. The largest absolute Gasteiger partial charge is 0.482 e. The molecule has 2 amide bonds. The molecule has 0 radical (unpaired) electrons. The normalized spacial score (nSPS) is 13.7. The van der Waals surface area contributed by atoms with E-state index in [0.717, 1.165) is 10.8 Å². The van der Waals surface area contributed by atoms with Crippen molar-refractivity contribution in [3.63, 3.8) is 0 Å². The number of carboxylic acids is 1. The average Bonchev–Trinajstić information content (AvgIpc) is 2.84. The first-order chi connectivity index (χ1) is 11.0. The van der Waals surface area contributed by atoms with Crippen molar-refractivity contribution >= 4 is 28.6 Å².